The number of nitrogens with zero attached hydrogens (tertiary/aromatic N) is 1. The largest absolute Gasteiger partial charge is 0.322 e. The molecule has 18 heavy (non-hydrogen) atoms. The maximum atomic E-state index is 6.37. The fraction of sp³-hybridized carbons (Fsp3) is 0.400. The highest BCUT2D eigenvalue weighted by Crippen LogP contribution is 2.26. The van der Waals surface area contributed by atoms with Crippen molar-refractivity contribution >= 4 is 10.9 Å². The molecular weight excluding hydrogens is 222 g/mol. The second kappa shape index (κ2) is 5.04. The highest BCUT2D eigenvalue weighted by molar-refractivity contribution is 5.78. The van der Waals surface area contributed by atoms with Gasteiger partial charge in [0.05, 0.1) is 11.2 Å². The first-order chi connectivity index (χ1) is 8.84. The van der Waals surface area contributed by atoms with E-state index in [4.69, 9.17) is 10.7 Å². The maximum absolute atomic E-state index is 6.37. The van der Waals surface area contributed by atoms with E-state index in [2.05, 4.69) is 23.5 Å². The van der Waals surface area contributed by atoms with Gasteiger partial charge in [0, 0.05) is 11.4 Å². The van der Waals surface area contributed by atoms with Gasteiger partial charge in [-0.05, 0) is 44.0 Å². The molecule has 1 aliphatic heterocycles. The van der Waals surface area contributed by atoms with E-state index in [1.807, 2.05) is 18.2 Å². The summed E-state index contributed by atoms with van der Waals surface area (Å²) in [6.07, 6.45) is 2.30. The Morgan fingerprint density at radius 1 is 1.11 bits per heavy atom. The zero-order chi connectivity index (χ0) is 12.4. The van der Waals surface area contributed by atoms with Crippen LogP contribution in [0.5, 0.6) is 0 Å². The minimum absolute atomic E-state index is 0.0664. The van der Waals surface area contributed by atoms with Crippen LogP contribution >= 0.6 is 0 Å². The highest BCUT2D eigenvalue weighted by Gasteiger charge is 2.22. The van der Waals surface area contributed by atoms with Crippen LogP contribution in [0.15, 0.2) is 36.4 Å². The number of nitrogens with one attached hydrogen (secondary N) is 1. The van der Waals surface area contributed by atoms with Gasteiger partial charge in [-0.2, -0.15) is 0 Å². The molecule has 3 rings (SSSR count). The Hall–Kier alpha value is -1.45. The minimum Gasteiger partial charge on any atom is -0.322 e. The molecule has 1 atom stereocenters. The Morgan fingerprint density at radius 3 is 2.72 bits per heavy atom. The fourth-order valence-corrected chi connectivity index (χ4v) is 2.71. The van der Waals surface area contributed by atoms with Crippen LogP contribution in [0, 0.1) is 5.92 Å². The van der Waals surface area contributed by atoms with Gasteiger partial charge in [-0.3, -0.25) is 4.98 Å². The second-order valence-corrected chi connectivity index (χ2v) is 5.04. The number of benzene rings is 1. The monoisotopic (exact) mass is 241 g/mol. The van der Waals surface area contributed by atoms with Crippen molar-refractivity contribution in [1.82, 2.24) is 10.3 Å². The van der Waals surface area contributed by atoms with Crippen molar-refractivity contribution in [3.63, 3.8) is 0 Å². The number of pyridine rings is 1. The number of hydrogen-bond donors (Lipinski definition) is 2. The zero-order valence-electron chi connectivity index (χ0n) is 10.5. The van der Waals surface area contributed by atoms with E-state index in [-0.39, 0.29) is 6.04 Å². The predicted octanol–water partition coefficient (Wildman–Crippen LogP) is 2.23. The van der Waals surface area contributed by atoms with Gasteiger partial charge in [0.1, 0.15) is 0 Å². The lowest BCUT2D eigenvalue weighted by Crippen LogP contribution is -2.34. The van der Waals surface area contributed by atoms with Gasteiger partial charge >= 0.3 is 0 Å². The first-order valence-electron chi connectivity index (χ1n) is 6.66. The molecule has 1 aromatic carbocycles. The first-order valence-corrected chi connectivity index (χ1v) is 6.66. The van der Waals surface area contributed by atoms with Crippen LogP contribution in [-0.2, 0) is 0 Å². The number of piperidine rings is 1. The van der Waals surface area contributed by atoms with Crippen LogP contribution in [0.3, 0.4) is 0 Å². The van der Waals surface area contributed by atoms with E-state index in [1.54, 1.807) is 0 Å². The van der Waals surface area contributed by atoms with Gasteiger partial charge in [0.25, 0.3) is 0 Å². The quantitative estimate of drug-likeness (QED) is 0.847. The minimum atomic E-state index is 0.0664. The molecule has 0 radical (unpaired) electrons. The topological polar surface area (TPSA) is 50.9 Å². The van der Waals surface area contributed by atoms with Crippen molar-refractivity contribution in [3.8, 4) is 0 Å². The summed E-state index contributed by atoms with van der Waals surface area (Å²) in [7, 11) is 0. The summed E-state index contributed by atoms with van der Waals surface area (Å²) in [5, 5.41) is 4.55. The van der Waals surface area contributed by atoms with Crippen LogP contribution in [0.2, 0.25) is 0 Å². The van der Waals surface area contributed by atoms with E-state index in [0.717, 1.165) is 37.1 Å². The number of fused-ring (bicyclic) bond motifs is 1. The summed E-state index contributed by atoms with van der Waals surface area (Å²) in [5.41, 5.74) is 8.44. The van der Waals surface area contributed by atoms with E-state index >= 15 is 0 Å². The third-order valence-electron chi connectivity index (χ3n) is 3.85. The second-order valence-electron chi connectivity index (χ2n) is 5.04. The Labute approximate surface area is 107 Å². The van der Waals surface area contributed by atoms with Crippen molar-refractivity contribution in [2.75, 3.05) is 13.1 Å². The van der Waals surface area contributed by atoms with Gasteiger partial charge in [-0.25, -0.2) is 0 Å². The summed E-state index contributed by atoms with van der Waals surface area (Å²) in [5.74, 6) is 0.555. The number of para-hydroxylation sites is 1. The molecule has 3 heteroatoms. The molecule has 2 aromatic rings. The molecule has 3 nitrogen and oxygen atoms in total. The van der Waals surface area contributed by atoms with E-state index in [9.17, 15) is 0 Å². The number of hydrogen-bond acceptors (Lipinski definition) is 3. The Bertz CT molecular complexity index is 532. The number of rotatable bonds is 2. The van der Waals surface area contributed by atoms with E-state index < -0.39 is 0 Å². The number of nitrogens with two attached hydrogens (primary N) is 1. The third kappa shape index (κ3) is 2.24. The average Bonchev–Trinajstić information content (AvgIpc) is 2.47. The van der Waals surface area contributed by atoms with Gasteiger partial charge in [0.15, 0.2) is 0 Å². The molecule has 0 amide bonds. The Morgan fingerprint density at radius 2 is 1.89 bits per heavy atom. The normalized spacial score (nSPS) is 18.9. The van der Waals surface area contributed by atoms with Crippen molar-refractivity contribution < 1.29 is 0 Å². The molecule has 1 fully saturated rings. The number of aromatic nitrogens is 1. The Balaban J connectivity index is 1.88. The fourth-order valence-electron chi connectivity index (χ4n) is 2.71. The molecule has 0 saturated carbocycles. The van der Waals surface area contributed by atoms with Crippen LogP contribution in [-0.4, -0.2) is 18.1 Å². The standard InChI is InChI=1S/C15H19N3/c16-15(12-7-9-17-10-8-12)14-6-5-11-3-1-2-4-13(11)18-14/h1-6,12,15,17H,7-10,16H2/t15-/m1/s1. The zero-order valence-corrected chi connectivity index (χ0v) is 10.5. The lowest BCUT2D eigenvalue weighted by molar-refractivity contribution is 0.319. The van der Waals surface area contributed by atoms with Crippen molar-refractivity contribution in [3.05, 3.63) is 42.1 Å². The lowest BCUT2D eigenvalue weighted by atomic mass is 9.88. The average molecular weight is 241 g/mol. The third-order valence-corrected chi connectivity index (χ3v) is 3.85. The van der Waals surface area contributed by atoms with Crippen molar-refractivity contribution in [2.24, 2.45) is 11.7 Å². The SMILES string of the molecule is N[C@@H](c1ccc2ccccc2n1)C1CCNCC1. The lowest BCUT2D eigenvalue weighted by Gasteiger charge is -2.27. The summed E-state index contributed by atoms with van der Waals surface area (Å²) >= 11 is 0. The van der Waals surface area contributed by atoms with Crippen LogP contribution in [0.4, 0.5) is 0 Å². The first kappa shape index (κ1) is 11.6. The van der Waals surface area contributed by atoms with Crippen LogP contribution in [0.25, 0.3) is 10.9 Å². The molecule has 1 aromatic heterocycles. The molecule has 0 bridgehead atoms. The summed E-state index contributed by atoms with van der Waals surface area (Å²) in [6.45, 7) is 2.15. The molecule has 1 aliphatic rings. The van der Waals surface area contributed by atoms with Gasteiger partial charge in [-0.15, -0.1) is 0 Å². The highest BCUT2D eigenvalue weighted by atomic mass is 14.9. The molecule has 3 N–H and O–H groups in total. The smallest absolute Gasteiger partial charge is 0.0706 e. The molecule has 94 valence electrons. The molecule has 0 unspecified atom stereocenters. The predicted molar refractivity (Wildman–Crippen MR) is 74.3 cm³/mol. The molecule has 0 aliphatic carbocycles. The summed E-state index contributed by atoms with van der Waals surface area (Å²) in [6, 6.07) is 12.5. The van der Waals surface area contributed by atoms with Crippen LogP contribution in [0.1, 0.15) is 24.6 Å². The maximum Gasteiger partial charge on any atom is 0.0706 e. The summed E-state index contributed by atoms with van der Waals surface area (Å²) in [4.78, 5) is 4.70. The van der Waals surface area contributed by atoms with Crippen LogP contribution < -0.4 is 11.1 Å². The van der Waals surface area contributed by atoms with Crippen molar-refractivity contribution in [2.45, 2.75) is 18.9 Å². The van der Waals surface area contributed by atoms with E-state index in [0.29, 0.717) is 5.92 Å². The molecule has 0 spiro atoms. The molecule has 2 heterocycles. The Kier molecular flexibility index (Phi) is 3.26. The van der Waals surface area contributed by atoms with E-state index in [1.165, 1.54) is 5.39 Å². The molecular formula is C15H19N3. The van der Waals surface area contributed by atoms with Gasteiger partial charge < -0.3 is 11.1 Å². The molecule has 1 saturated heterocycles. The van der Waals surface area contributed by atoms with Crippen molar-refractivity contribution in [1.29, 1.82) is 0 Å². The van der Waals surface area contributed by atoms with Gasteiger partial charge in [-0.1, -0.05) is 24.3 Å². The van der Waals surface area contributed by atoms with Gasteiger partial charge in [0.2, 0.25) is 0 Å². The summed E-state index contributed by atoms with van der Waals surface area (Å²) < 4.78 is 0.